The van der Waals surface area contributed by atoms with E-state index in [0.717, 1.165) is 34.8 Å². The molecular weight excluding hydrogens is 434 g/mol. The molecule has 0 heterocycles. The number of nitroso groups, excluding NO2 is 1. The number of allylic oxidation sites excluding steroid dienone is 9. The van der Waals surface area contributed by atoms with Gasteiger partial charge >= 0.3 is 11.9 Å². The number of esters is 2. The van der Waals surface area contributed by atoms with E-state index in [4.69, 9.17) is 9.47 Å². The molecule has 0 saturated carbocycles. The lowest BCUT2D eigenvalue weighted by atomic mass is 9.90. The second-order valence-corrected chi connectivity index (χ2v) is 8.05. The maximum Gasteiger partial charge on any atom is 0.336 e. The molecule has 0 atom stereocenters. The Morgan fingerprint density at radius 3 is 2.29 bits per heavy atom. The van der Waals surface area contributed by atoms with Gasteiger partial charge in [-0.25, -0.2) is 9.59 Å². The van der Waals surface area contributed by atoms with Gasteiger partial charge in [-0.1, -0.05) is 38.2 Å². The van der Waals surface area contributed by atoms with E-state index in [0.29, 0.717) is 37.9 Å². The zero-order valence-corrected chi connectivity index (χ0v) is 20.0. The van der Waals surface area contributed by atoms with Crippen LogP contribution < -0.4 is 0 Å². The lowest BCUT2D eigenvalue weighted by molar-refractivity contribution is -0.134. The van der Waals surface area contributed by atoms with Crippen molar-refractivity contribution in [3.8, 4) is 0 Å². The summed E-state index contributed by atoms with van der Waals surface area (Å²) in [4.78, 5) is 47.0. The summed E-state index contributed by atoms with van der Waals surface area (Å²) in [5.74, 6) is -0.644. The molecule has 0 aromatic rings. The van der Waals surface area contributed by atoms with E-state index in [1.807, 2.05) is 26.0 Å². The average molecular weight is 466 g/mol. The number of ether oxygens (including phenoxy) is 2. The van der Waals surface area contributed by atoms with Gasteiger partial charge in [0.25, 0.3) is 0 Å². The number of rotatable bonds is 10. The van der Waals surface area contributed by atoms with Gasteiger partial charge in [-0.05, 0) is 66.7 Å². The summed E-state index contributed by atoms with van der Waals surface area (Å²) < 4.78 is 10.9. The SMILES string of the molecule is C=C(/C=C/C(=O)OC1=C(N=O)CCC(C2=CC(OC(=O)/C=C/C(=O)CC)=C(C)CC2)=CC1)CC. The molecule has 34 heavy (non-hydrogen) atoms. The van der Waals surface area contributed by atoms with Gasteiger partial charge in [-0.2, -0.15) is 0 Å². The first-order valence-electron chi connectivity index (χ1n) is 11.4. The van der Waals surface area contributed by atoms with E-state index in [2.05, 4.69) is 11.8 Å². The lowest BCUT2D eigenvalue weighted by Crippen LogP contribution is -2.07. The minimum absolute atomic E-state index is 0.152. The second kappa shape index (κ2) is 13.2. The molecule has 0 aromatic carbocycles. The molecule has 0 aromatic heterocycles. The van der Waals surface area contributed by atoms with Crippen LogP contribution in [0.3, 0.4) is 0 Å². The monoisotopic (exact) mass is 465 g/mol. The number of ketones is 1. The predicted octanol–water partition coefficient (Wildman–Crippen LogP) is 6.21. The maximum atomic E-state index is 12.1. The van der Waals surface area contributed by atoms with Crippen LogP contribution in [-0.4, -0.2) is 17.7 Å². The van der Waals surface area contributed by atoms with Crippen molar-refractivity contribution in [3.63, 3.8) is 0 Å². The molecule has 180 valence electrons. The highest BCUT2D eigenvalue weighted by Crippen LogP contribution is 2.35. The van der Waals surface area contributed by atoms with E-state index in [-0.39, 0.29) is 23.7 Å². The third kappa shape index (κ3) is 8.06. The van der Waals surface area contributed by atoms with E-state index in [1.54, 1.807) is 13.0 Å². The van der Waals surface area contributed by atoms with Gasteiger partial charge in [-0.3, -0.25) is 4.79 Å². The summed E-state index contributed by atoms with van der Waals surface area (Å²) in [5, 5.41) is 3.09. The van der Waals surface area contributed by atoms with Gasteiger partial charge in [0.2, 0.25) is 0 Å². The van der Waals surface area contributed by atoms with Gasteiger partial charge in [0, 0.05) is 31.4 Å². The normalized spacial score (nSPS) is 16.8. The molecule has 0 spiro atoms. The maximum absolute atomic E-state index is 12.1. The predicted molar refractivity (Wildman–Crippen MR) is 130 cm³/mol. The zero-order valence-electron chi connectivity index (χ0n) is 20.0. The molecule has 0 N–H and O–H groups in total. The van der Waals surface area contributed by atoms with Crippen molar-refractivity contribution < 1.29 is 23.9 Å². The van der Waals surface area contributed by atoms with Crippen LogP contribution in [0.4, 0.5) is 0 Å². The zero-order chi connectivity index (χ0) is 25.1. The van der Waals surface area contributed by atoms with Crippen molar-refractivity contribution >= 4 is 17.7 Å². The van der Waals surface area contributed by atoms with Gasteiger partial charge in [0.1, 0.15) is 17.2 Å². The molecule has 0 unspecified atom stereocenters. The van der Waals surface area contributed by atoms with Crippen LogP contribution in [0.15, 0.2) is 87.7 Å². The molecule has 0 fully saturated rings. The first-order chi connectivity index (χ1) is 16.3. The number of carbonyl (C=O) groups excluding carboxylic acids is 3. The molecule has 7 nitrogen and oxygen atoms in total. The van der Waals surface area contributed by atoms with E-state index < -0.39 is 11.9 Å². The van der Waals surface area contributed by atoms with E-state index in [9.17, 15) is 19.3 Å². The molecular formula is C27H31NO6. The van der Waals surface area contributed by atoms with Crippen molar-refractivity contribution in [1.82, 2.24) is 0 Å². The Hall–Kier alpha value is -3.61. The topological polar surface area (TPSA) is 99.1 Å². The van der Waals surface area contributed by atoms with Crippen LogP contribution in [0.5, 0.6) is 0 Å². The Bertz CT molecular complexity index is 1050. The molecule has 2 rings (SSSR count). The summed E-state index contributed by atoms with van der Waals surface area (Å²) in [6, 6.07) is 0. The Labute approximate surface area is 200 Å². The van der Waals surface area contributed by atoms with Crippen molar-refractivity contribution in [1.29, 1.82) is 0 Å². The molecule has 0 saturated heterocycles. The van der Waals surface area contributed by atoms with E-state index in [1.165, 1.54) is 12.2 Å². The first kappa shape index (κ1) is 26.6. The highest BCUT2D eigenvalue weighted by Gasteiger charge is 2.21. The van der Waals surface area contributed by atoms with Crippen LogP contribution in [0.25, 0.3) is 0 Å². The fourth-order valence-electron chi connectivity index (χ4n) is 3.37. The quantitative estimate of drug-likeness (QED) is 0.164. The Balaban J connectivity index is 2.14. The number of hydrogen-bond donors (Lipinski definition) is 0. The van der Waals surface area contributed by atoms with Crippen LogP contribution >= 0.6 is 0 Å². The highest BCUT2D eigenvalue weighted by molar-refractivity contribution is 5.96. The van der Waals surface area contributed by atoms with Crippen LogP contribution in [0, 0.1) is 4.91 Å². The average Bonchev–Trinajstić information content (AvgIpc) is 3.04. The number of carbonyl (C=O) groups is 3. The summed E-state index contributed by atoms with van der Waals surface area (Å²) >= 11 is 0. The fourth-order valence-corrected chi connectivity index (χ4v) is 3.37. The Morgan fingerprint density at radius 1 is 0.941 bits per heavy atom. The van der Waals surface area contributed by atoms with Gasteiger partial charge in [-0.15, -0.1) is 4.91 Å². The summed E-state index contributed by atoms with van der Waals surface area (Å²) in [6.07, 6.45) is 12.6. The molecule has 0 bridgehead atoms. The second-order valence-electron chi connectivity index (χ2n) is 8.05. The highest BCUT2D eigenvalue weighted by atomic mass is 16.5. The fraction of sp³-hybridized carbons (Fsp3) is 0.370. The smallest absolute Gasteiger partial charge is 0.336 e. The van der Waals surface area contributed by atoms with Crippen LogP contribution in [0.1, 0.15) is 65.7 Å². The Morgan fingerprint density at radius 2 is 1.62 bits per heavy atom. The van der Waals surface area contributed by atoms with Crippen molar-refractivity contribution in [2.75, 3.05) is 0 Å². The first-order valence-corrected chi connectivity index (χ1v) is 11.4. The minimum Gasteiger partial charge on any atom is -0.425 e. The Kier molecular flexibility index (Phi) is 10.3. The van der Waals surface area contributed by atoms with Gasteiger partial charge in [0.15, 0.2) is 5.78 Å². The van der Waals surface area contributed by atoms with E-state index >= 15 is 0 Å². The van der Waals surface area contributed by atoms with Crippen LogP contribution in [0.2, 0.25) is 0 Å². The minimum atomic E-state index is -0.606. The summed E-state index contributed by atoms with van der Waals surface area (Å²) in [5.41, 5.74) is 3.91. The third-order valence-corrected chi connectivity index (χ3v) is 5.60. The largest absolute Gasteiger partial charge is 0.425 e. The molecule has 7 heteroatoms. The number of hydrogen-bond acceptors (Lipinski definition) is 7. The van der Waals surface area contributed by atoms with Crippen molar-refractivity contribution in [2.45, 2.75) is 65.7 Å². The third-order valence-electron chi connectivity index (χ3n) is 5.60. The molecule has 0 aliphatic heterocycles. The summed E-state index contributed by atoms with van der Waals surface area (Å²) in [6.45, 7) is 9.35. The molecule has 2 aliphatic carbocycles. The standard InChI is InChI=1S/C27H31NO6/c1-5-18(3)7-15-26(30)33-24-14-11-20(10-13-23(24)28-32)21-9-8-19(4)25(17-21)34-27(31)16-12-22(29)6-2/h7,11-12,15-17H,3,5-6,8-10,13-14H2,1-2,4H3/b15-7+,16-12+. The van der Waals surface area contributed by atoms with Gasteiger partial charge < -0.3 is 9.47 Å². The van der Waals surface area contributed by atoms with Gasteiger partial charge in [0.05, 0.1) is 0 Å². The molecule has 0 amide bonds. The van der Waals surface area contributed by atoms with Crippen LogP contribution in [-0.2, 0) is 23.9 Å². The lowest BCUT2D eigenvalue weighted by Gasteiger charge is -2.19. The van der Waals surface area contributed by atoms with Crippen molar-refractivity contribution in [3.05, 3.63) is 87.4 Å². The molecule has 0 radical (unpaired) electrons. The number of nitrogens with zero attached hydrogens (tertiary/aromatic N) is 1. The molecule has 2 aliphatic rings. The summed E-state index contributed by atoms with van der Waals surface area (Å²) in [7, 11) is 0. The van der Waals surface area contributed by atoms with Crippen molar-refractivity contribution in [2.24, 2.45) is 5.18 Å².